The maximum atomic E-state index is 6.11. The molecule has 0 saturated carbocycles. The molecule has 2 atom stereocenters. The average molecular weight is 374 g/mol. The molecule has 0 spiro atoms. The summed E-state index contributed by atoms with van der Waals surface area (Å²) in [7, 11) is 1.82. The first-order chi connectivity index (χ1) is 12.0. The van der Waals surface area contributed by atoms with Gasteiger partial charge >= 0.3 is 0 Å². The van der Waals surface area contributed by atoms with Crippen molar-refractivity contribution in [1.29, 1.82) is 0 Å². The lowest BCUT2D eigenvalue weighted by Crippen LogP contribution is -2.36. The first-order valence-corrected chi connectivity index (χ1v) is 12.4. The Morgan fingerprint density at radius 2 is 1.68 bits per heavy atom. The maximum absolute atomic E-state index is 6.11. The van der Waals surface area contributed by atoms with Gasteiger partial charge in [0.25, 0.3) is 0 Å². The van der Waals surface area contributed by atoms with Crippen molar-refractivity contribution in [3.63, 3.8) is 0 Å². The van der Waals surface area contributed by atoms with Gasteiger partial charge in [0.05, 0.1) is 0 Å². The average Bonchev–Trinajstić information content (AvgIpc) is 2.58. The van der Waals surface area contributed by atoms with Crippen molar-refractivity contribution >= 4 is 9.76 Å². The highest BCUT2D eigenvalue weighted by atomic mass is 28.2. The Morgan fingerprint density at radius 1 is 0.960 bits per heavy atom. The number of nitrogens with zero attached hydrogens (tertiary/aromatic N) is 2. The van der Waals surface area contributed by atoms with Crippen LogP contribution < -0.4 is 5.32 Å². The van der Waals surface area contributed by atoms with Crippen molar-refractivity contribution in [3.8, 4) is 0 Å². The van der Waals surface area contributed by atoms with Gasteiger partial charge in [-0.1, -0.05) is 27.2 Å². The van der Waals surface area contributed by atoms with Gasteiger partial charge in [-0.25, -0.2) is 0 Å². The van der Waals surface area contributed by atoms with Crippen LogP contribution in [0.1, 0.15) is 73.1 Å². The van der Waals surface area contributed by atoms with Gasteiger partial charge in [0.1, 0.15) is 0 Å². The fourth-order valence-corrected chi connectivity index (χ4v) is 4.44. The third-order valence-electron chi connectivity index (χ3n) is 4.88. The molecule has 152 valence electrons. The molecule has 4 nitrogen and oxygen atoms in total. The molecule has 0 saturated heterocycles. The van der Waals surface area contributed by atoms with Gasteiger partial charge < -0.3 is 19.5 Å². The van der Waals surface area contributed by atoms with Crippen molar-refractivity contribution in [1.82, 2.24) is 15.1 Å². The summed E-state index contributed by atoms with van der Waals surface area (Å²) < 4.78 is 6.11. The largest absolute Gasteiger partial charge is 0.420 e. The molecule has 0 aromatic carbocycles. The molecule has 1 N–H and O–H groups in total. The molecule has 0 bridgehead atoms. The van der Waals surface area contributed by atoms with Gasteiger partial charge in [-0.15, -0.1) is 0 Å². The van der Waals surface area contributed by atoms with Crippen molar-refractivity contribution < 1.29 is 4.43 Å². The molecule has 0 aliphatic heterocycles. The number of nitrogens with one attached hydrogen (secondary N) is 1. The molecule has 5 heteroatoms. The highest BCUT2D eigenvalue weighted by molar-refractivity contribution is 6.27. The van der Waals surface area contributed by atoms with E-state index in [9.17, 15) is 0 Å². The molecule has 0 amide bonds. The zero-order chi connectivity index (χ0) is 18.9. The normalized spacial score (nSPS) is 14.9. The molecule has 0 aliphatic rings. The molecule has 0 aliphatic carbocycles. The minimum atomic E-state index is -0.423. The van der Waals surface area contributed by atoms with Gasteiger partial charge in [0.2, 0.25) is 0 Å². The molecule has 0 radical (unpaired) electrons. The van der Waals surface area contributed by atoms with E-state index in [-0.39, 0.29) is 0 Å². The van der Waals surface area contributed by atoms with E-state index in [1.165, 1.54) is 70.9 Å². The van der Waals surface area contributed by atoms with E-state index in [1.807, 2.05) is 0 Å². The van der Waals surface area contributed by atoms with E-state index in [2.05, 4.69) is 56.8 Å². The van der Waals surface area contributed by atoms with Crippen LogP contribution in [-0.4, -0.2) is 77.6 Å². The van der Waals surface area contributed by atoms with Crippen LogP contribution in [-0.2, 0) is 4.43 Å². The lowest BCUT2D eigenvalue weighted by Gasteiger charge is -2.25. The van der Waals surface area contributed by atoms with E-state index in [1.54, 1.807) is 0 Å². The van der Waals surface area contributed by atoms with Crippen molar-refractivity contribution in [3.05, 3.63) is 0 Å². The second kappa shape index (κ2) is 17.5. The maximum Gasteiger partial charge on any atom is 0.175 e. The Balaban J connectivity index is 4.07. The highest BCUT2D eigenvalue weighted by Gasteiger charge is 2.08. The van der Waals surface area contributed by atoms with Crippen LogP contribution in [0, 0.1) is 0 Å². The van der Waals surface area contributed by atoms with E-state index >= 15 is 0 Å². The summed E-state index contributed by atoms with van der Waals surface area (Å²) in [5.41, 5.74) is 0. The van der Waals surface area contributed by atoms with Gasteiger partial charge in [0, 0.05) is 18.3 Å². The predicted molar refractivity (Wildman–Crippen MR) is 115 cm³/mol. The minimum Gasteiger partial charge on any atom is -0.420 e. The Bertz CT molecular complexity index is 264. The van der Waals surface area contributed by atoms with E-state index in [0.717, 1.165) is 6.54 Å². The summed E-state index contributed by atoms with van der Waals surface area (Å²) in [6, 6.07) is 0.642. The van der Waals surface area contributed by atoms with E-state index < -0.39 is 9.76 Å². The minimum absolute atomic E-state index is 0.423. The summed E-state index contributed by atoms with van der Waals surface area (Å²) in [5.74, 6) is 0. The topological polar surface area (TPSA) is 27.7 Å². The molecular weight excluding hydrogens is 326 g/mol. The standard InChI is InChI=1S/C20H47N3OSi/c1-7-12-20(5)24-25-18-23(16-10-13-21-19(4)9-3)17-11-15-22(6)14-8-2/h19-21H,7-18,25H2,1-6H3. The number of hydrogen-bond donors (Lipinski definition) is 1. The highest BCUT2D eigenvalue weighted by Crippen LogP contribution is 2.01. The molecule has 2 unspecified atom stereocenters. The zero-order valence-corrected chi connectivity index (χ0v) is 19.6. The lowest BCUT2D eigenvalue weighted by atomic mass is 10.2. The molecule has 0 aromatic heterocycles. The van der Waals surface area contributed by atoms with Crippen LogP contribution in [0.2, 0.25) is 0 Å². The SMILES string of the molecule is CCCC(C)O[SiH2]CN(CCCNC(C)CC)CCCN(C)CCC. The summed E-state index contributed by atoms with van der Waals surface area (Å²) in [5, 5.41) is 3.61. The lowest BCUT2D eigenvalue weighted by molar-refractivity contribution is 0.204. The number of hydrogen-bond acceptors (Lipinski definition) is 4. The first-order valence-electron chi connectivity index (χ1n) is 10.8. The van der Waals surface area contributed by atoms with Crippen molar-refractivity contribution in [2.75, 3.05) is 45.9 Å². The second-order valence-corrected chi connectivity index (χ2v) is 8.77. The Morgan fingerprint density at radius 3 is 2.32 bits per heavy atom. The van der Waals surface area contributed by atoms with Gasteiger partial charge in [-0.3, -0.25) is 0 Å². The van der Waals surface area contributed by atoms with Crippen LogP contribution in [0.4, 0.5) is 0 Å². The van der Waals surface area contributed by atoms with Crippen LogP contribution >= 0.6 is 0 Å². The summed E-state index contributed by atoms with van der Waals surface area (Å²) in [6.45, 7) is 17.2. The third-order valence-corrected chi connectivity index (χ3v) is 6.50. The monoisotopic (exact) mass is 373 g/mol. The smallest absolute Gasteiger partial charge is 0.175 e. The molecule has 0 aromatic rings. The fourth-order valence-electron chi connectivity index (χ4n) is 3.06. The summed E-state index contributed by atoms with van der Waals surface area (Å²) >= 11 is 0. The van der Waals surface area contributed by atoms with Crippen LogP contribution in [0.5, 0.6) is 0 Å². The third kappa shape index (κ3) is 16.0. The molecule has 0 fully saturated rings. The molecular formula is C20H47N3OSi. The van der Waals surface area contributed by atoms with E-state index in [4.69, 9.17) is 4.43 Å². The fraction of sp³-hybridized carbons (Fsp3) is 1.00. The summed E-state index contributed by atoms with van der Waals surface area (Å²) in [6.07, 6.45) is 9.07. The molecule has 25 heavy (non-hydrogen) atoms. The van der Waals surface area contributed by atoms with Crippen LogP contribution in [0.15, 0.2) is 0 Å². The van der Waals surface area contributed by atoms with Crippen molar-refractivity contribution in [2.24, 2.45) is 0 Å². The zero-order valence-electron chi connectivity index (χ0n) is 18.1. The Hall–Kier alpha value is 0.0569. The second-order valence-electron chi connectivity index (χ2n) is 7.59. The van der Waals surface area contributed by atoms with Gasteiger partial charge in [-0.2, -0.15) is 0 Å². The Kier molecular flexibility index (Phi) is 17.5. The Labute approximate surface area is 161 Å². The van der Waals surface area contributed by atoms with Crippen LogP contribution in [0.25, 0.3) is 0 Å². The quantitative estimate of drug-likeness (QED) is 0.295. The molecule has 0 rings (SSSR count). The van der Waals surface area contributed by atoms with E-state index in [0.29, 0.717) is 12.1 Å². The summed E-state index contributed by atoms with van der Waals surface area (Å²) in [4.78, 5) is 5.11. The predicted octanol–water partition coefficient (Wildman–Crippen LogP) is 3.05. The van der Waals surface area contributed by atoms with Crippen LogP contribution in [0.3, 0.4) is 0 Å². The van der Waals surface area contributed by atoms with Gasteiger partial charge in [-0.05, 0) is 85.7 Å². The number of rotatable bonds is 18. The molecule has 0 heterocycles. The van der Waals surface area contributed by atoms with Gasteiger partial charge in [0.15, 0.2) is 9.76 Å². The van der Waals surface area contributed by atoms with Crippen molar-refractivity contribution in [2.45, 2.75) is 85.3 Å². The first kappa shape index (κ1) is 25.1.